The number of nitrogens with one attached hydrogen (secondary N) is 1. The molecule has 1 aromatic heterocycles. The van der Waals surface area contributed by atoms with Crippen molar-refractivity contribution >= 4 is 29.3 Å². The molecule has 1 N–H and O–H groups in total. The predicted octanol–water partition coefficient (Wildman–Crippen LogP) is 4.40. The smallest absolute Gasteiger partial charge is 0.227 e. The average molecular weight is 407 g/mol. The molecule has 1 unspecified atom stereocenters. The molecule has 6 heteroatoms. The summed E-state index contributed by atoms with van der Waals surface area (Å²) in [4.78, 5) is 28.3. The van der Waals surface area contributed by atoms with Gasteiger partial charge in [-0.15, -0.1) is 11.8 Å². The number of amides is 2. The number of hydrogen-bond acceptors (Lipinski definition) is 4. The van der Waals surface area contributed by atoms with Crippen molar-refractivity contribution in [3.05, 3.63) is 84.3 Å². The second kappa shape index (κ2) is 9.01. The minimum absolute atomic E-state index is 0.0258. The number of nitrogens with zero attached hydrogens (tertiary/aromatic N) is 1. The van der Waals surface area contributed by atoms with Crippen LogP contribution in [0.25, 0.3) is 0 Å². The van der Waals surface area contributed by atoms with E-state index in [0.29, 0.717) is 12.3 Å². The maximum Gasteiger partial charge on any atom is 0.227 e. The Bertz CT molecular complexity index is 973. The number of furan rings is 1. The van der Waals surface area contributed by atoms with E-state index in [9.17, 15) is 9.59 Å². The monoisotopic (exact) mass is 406 g/mol. The molecule has 1 atom stereocenters. The normalized spacial score (nSPS) is 14.1. The first-order chi connectivity index (χ1) is 14.2. The highest BCUT2D eigenvalue weighted by Crippen LogP contribution is 2.34. The van der Waals surface area contributed by atoms with Gasteiger partial charge in [0, 0.05) is 30.0 Å². The Labute approximate surface area is 174 Å². The van der Waals surface area contributed by atoms with Crippen molar-refractivity contribution in [3.63, 3.8) is 0 Å². The summed E-state index contributed by atoms with van der Waals surface area (Å²) >= 11 is 1.76. The third kappa shape index (κ3) is 4.54. The lowest BCUT2D eigenvalue weighted by molar-refractivity contribution is -0.125. The van der Waals surface area contributed by atoms with Crippen molar-refractivity contribution in [3.8, 4) is 0 Å². The van der Waals surface area contributed by atoms with Crippen LogP contribution in [0.1, 0.15) is 30.2 Å². The van der Waals surface area contributed by atoms with Gasteiger partial charge >= 0.3 is 0 Å². The second-order valence-electron chi connectivity index (χ2n) is 6.79. The first-order valence-corrected chi connectivity index (χ1v) is 10.6. The maximum atomic E-state index is 12.8. The molecule has 29 heavy (non-hydrogen) atoms. The third-order valence-electron chi connectivity index (χ3n) is 4.86. The van der Waals surface area contributed by atoms with Crippen molar-refractivity contribution in [1.29, 1.82) is 0 Å². The van der Waals surface area contributed by atoms with Gasteiger partial charge in [0.15, 0.2) is 0 Å². The highest BCUT2D eigenvalue weighted by atomic mass is 32.2. The van der Waals surface area contributed by atoms with Crippen molar-refractivity contribution in [2.45, 2.75) is 23.8 Å². The van der Waals surface area contributed by atoms with Crippen molar-refractivity contribution in [2.75, 3.05) is 17.2 Å². The third-order valence-corrected chi connectivity index (χ3v) is 5.90. The van der Waals surface area contributed by atoms with Crippen LogP contribution in [-0.2, 0) is 9.59 Å². The van der Waals surface area contributed by atoms with Crippen LogP contribution < -0.4 is 10.2 Å². The van der Waals surface area contributed by atoms with Gasteiger partial charge in [0.25, 0.3) is 0 Å². The van der Waals surface area contributed by atoms with Crippen LogP contribution in [0.4, 0.5) is 5.69 Å². The van der Waals surface area contributed by atoms with E-state index < -0.39 is 0 Å². The summed E-state index contributed by atoms with van der Waals surface area (Å²) in [5, 5.41) is 3.01. The summed E-state index contributed by atoms with van der Waals surface area (Å²) in [6.07, 6.45) is 1.89. The van der Waals surface area contributed by atoms with Crippen LogP contribution >= 0.6 is 11.8 Å². The number of anilines is 1. The number of hydrogen-bond donors (Lipinski definition) is 1. The summed E-state index contributed by atoms with van der Waals surface area (Å²) in [7, 11) is 0. The Balaban J connectivity index is 1.40. The second-order valence-corrected chi connectivity index (χ2v) is 7.92. The zero-order valence-corrected chi connectivity index (χ0v) is 16.7. The fourth-order valence-corrected chi connectivity index (χ4v) is 4.43. The fraction of sp³-hybridized carbons (Fsp3) is 0.217. The van der Waals surface area contributed by atoms with Gasteiger partial charge in [0.2, 0.25) is 11.8 Å². The van der Waals surface area contributed by atoms with Gasteiger partial charge in [-0.25, -0.2) is 0 Å². The SMILES string of the molecule is O=C(CCC(=O)N1CCSc2ccccc21)NC(c1ccccc1)c1ccco1. The Morgan fingerprint density at radius 2 is 1.79 bits per heavy atom. The molecule has 2 amide bonds. The van der Waals surface area contributed by atoms with E-state index in [1.54, 1.807) is 29.0 Å². The van der Waals surface area contributed by atoms with Crippen LogP contribution in [-0.4, -0.2) is 24.1 Å². The molecule has 0 aliphatic carbocycles. The Morgan fingerprint density at radius 3 is 2.59 bits per heavy atom. The van der Waals surface area contributed by atoms with Crippen LogP contribution in [0.5, 0.6) is 0 Å². The summed E-state index contributed by atoms with van der Waals surface area (Å²) in [6.45, 7) is 0.668. The zero-order valence-electron chi connectivity index (χ0n) is 15.9. The molecule has 148 valence electrons. The Morgan fingerprint density at radius 1 is 1.00 bits per heavy atom. The van der Waals surface area contributed by atoms with Gasteiger partial charge in [0.05, 0.1) is 12.0 Å². The molecule has 5 nitrogen and oxygen atoms in total. The van der Waals surface area contributed by atoms with E-state index in [0.717, 1.165) is 21.9 Å². The number of carbonyl (C=O) groups excluding carboxylic acids is 2. The van der Waals surface area contributed by atoms with E-state index in [-0.39, 0.29) is 30.7 Å². The summed E-state index contributed by atoms with van der Waals surface area (Å²) in [6, 6.07) is 20.8. The molecule has 2 aromatic carbocycles. The molecule has 0 saturated heterocycles. The van der Waals surface area contributed by atoms with Gasteiger partial charge in [-0.1, -0.05) is 42.5 Å². The molecule has 1 aliphatic heterocycles. The van der Waals surface area contributed by atoms with Gasteiger partial charge in [-0.3, -0.25) is 9.59 Å². The maximum absolute atomic E-state index is 12.8. The topological polar surface area (TPSA) is 62.6 Å². The zero-order chi connectivity index (χ0) is 20.1. The van der Waals surface area contributed by atoms with Gasteiger partial charge in [0.1, 0.15) is 11.8 Å². The van der Waals surface area contributed by atoms with Crippen molar-refractivity contribution in [2.24, 2.45) is 0 Å². The number of fused-ring (bicyclic) bond motifs is 1. The lowest BCUT2D eigenvalue weighted by atomic mass is 10.0. The molecule has 4 rings (SSSR count). The van der Waals surface area contributed by atoms with E-state index in [1.807, 2.05) is 60.7 Å². The van der Waals surface area contributed by atoms with Crippen molar-refractivity contribution in [1.82, 2.24) is 5.32 Å². The fourth-order valence-electron chi connectivity index (χ4n) is 3.44. The molecule has 0 fully saturated rings. The van der Waals surface area contributed by atoms with Gasteiger partial charge in [-0.05, 0) is 29.8 Å². The van der Waals surface area contributed by atoms with E-state index >= 15 is 0 Å². The number of benzene rings is 2. The van der Waals surface area contributed by atoms with Crippen LogP contribution in [0.15, 0.2) is 82.3 Å². The highest BCUT2D eigenvalue weighted by Gasteiger charge is 2.24. The number of thioether (sulfide) groups is 1. The molecule has 1 aliphatic rings. The van der Waals surface area contributed by atoms with Crippen LogP contribution in [0.3, 0.4) is 0 Å². The molecule has 0 radical (unpaired) electrons. The standard InChI is InChI=1S/C23H22N2O3S/c26-21(24-23(19-10-6-15-28-19)17-7-2-1-3-8-17)12-13-22(27)25-14-16-29-20-11-5-4-9-18(20)25/h1-11,15,23H,12-14,16H2,(H,24,26). The minimum Gasteiger partial charge on any atom is -0.467 e. The molecule has 0 spiro atoms. The molecule has 0 bridgehead atoms. The lowest BCUT2D eigenvalue weighted by Crippen LogP contribution is -2.36. The number of rotatable bonds is 6. The minimum atomic E-state index is -0.374. The number of carbonyl (C=O) groups is 2. The van der Waals surface area contributed by atoms with Crippen molar-refractivity contribution < 1.29 is 14.0 Å². The van der Waals surface area contributed by atoms with Gasteiger partial charge in [-0.2, -0.15) is 0 Å². The Kier molecular flexibility index (Phi) is 6.00. The first-order valence-electron chi connectivity index (χ1n) is 9.62. The van der Waals surface area contributed by atoms with E-state index in [2.05, 4.69) is 5.32 Å². The first kappa shape index (κ1) is 19.3. The summed E-state index contributed by atoms with van der Waals surface area (Å²) < 4.78 is 5.52. The molecular formula is C23H22N2O3S. The molecule has 0 saturated carbocycles. The van der Waals surface area contributed by atoms with Crippen LogP contribution in [0.2, 0.25) is 0 Å². The molecule has 3 aromatic rings. The van der Waals surface area contributed by atoms with E-state index in [1.165, 1.54) is 0 Å². The summed E-state index contributed by atoms with van der Waals surface area (Å²) in [5.41, 5.74) is 1.87. The van der Waals surface area contributed by atoms with E-state index in [4.69, 9.17) is 4.42 Å². The van der Waals surface area contributed by atoms with Crippen LogP contribution in [0, 0.1) is 0 Å². The Hall–Kier alpha value is -2.99. The summed E-state index contributed by atoms with van der Waals surface area (Å²) in [5.74, 6) is 1.33. The molecule has 2 heterocycles. The lowest BCUT2D eigenvalue weighted by Gasteiger charge is -2.29. The molecular weight excluding hydrogens is 384 g/mol. The highest BCUT2D eigenvalue weighted by molar-refractivity contribution is 7.99. The quantitative estimate of drug-likeness (QED) is 0.659. The average Bonchev–Trinajstić information content (AvgIpc) is 3.30. The van der Waals surface area contributed by atoms with Gasteiger partial charge < -0.3 is 14.6 Å². The number of para-hydroxylation sites is 1. The predicted molar refractivity (Wildman–Crippen MR) is 114 cm³/mol. The largest absolute Gasteiger partial charge is 0.467 e.